The summed E-state index contributed by atoms with van der Waals surface area (Å²) in [4.78, 5) is 25.0. The molecular weight excluding hydrogens is 346 g/mol. The minimum atomic E-state index is -0.924. The molecule has 1 aromatic rings. The van der Waals surface area contributed by atoms with Crippen LogP contribution in [0, 0.1) is 0 Å². The fourth-order valence-corrected chi connectivity index (χ4v) is 2.62. The zero-order valence-electron chi connectivity index (χ0n) is 17.4. The highest BCUT2D eigenvalue weighted by atomic mass is 16.5. The topological polar surface area (TPSA) is 73.9 Å². The van der Waals surface area contributed by atoms with E-state index in [4.69, 9.17) is 14.2 Å². The number of anilines is 1. The van der Waals surface area contributed by atoms with Gasteiger partial charge in [0.2, 0.25) is 0 Å². The van der Waals surface area contributed by atoms with Gasteiger partial charge in [-0.05, 0) is 52.3 Å². The summed E-state index contributed by atoms with van der Waals surface area (Å²) in [6, 6.07) is 4.96. The average Bonchev–Trinajstić information content (AvgIpc) is 2.62. The van der Waals surface area contributed by atoms with Gasteiger partial charge < -0.3 is 19.5 Å². The van der Waals surface area contributed by atoms with Crippen LogP contribution in [0.4, 0.5) is 5.69 Å². The van der Waals surface area contributed by atoms with E-state index in [1.165, 1.54) is 7.11 Å². The summed E-state index contributed by atoms with van der Waals surface area (Å²) in [7, 11) is 1.54. The second-order valence-electron chi connectivity index (χ2n) is 6.94. The molecule has 0 unspecified atom stereocenters. The Bertz CT molecular complexity index is 629. The number of carbonyl (C=O) groups is 2. The molecule has 27 heavy (non-hydrogen) atoms. The fourth-order valence-electron chi connectivity index (χ4n) is 2.62. The lowest BCUT2D eigenvalue weighted by Gasteiger charge is -2.27. The van der Waals surface area contributed by atoms with Crippen LogP contribution in [-0.4, -0.2) is 37.3 Å². The van der Waals surface area contributed by atoms with E-state index < -0.39 is 11.6 Å². The molecule has 0 aliphatic rings. The summed E-state index contributed by atoms with van der Waals surface area (Å²) in [6.07, 6.45) is 3.56. The zero-order chi connectivity index (χ0) is 20.4. The molecule has 1 amide bonds. The average molecular weight is 379 g/mol. The molecule has 1 atom stereocenters. The quantitative estimate of drug-likeness (QED) is 0.450. The van der Waals surface area contributed by atoms with Gasteiger partial charge in [-0.15, -0.1) is 0 Å². The number of carbonyl (C=O) groups excluding carboxylic acids is 2. The summed E-state index contributed by atoms with van der Waals surface area (Å²) < 4.78 is 16.3. The van der Waals surface area contributed by atoms with Crippen LogP contribution in [0.1, 0.15) is 70.7 Å². The maximum atomic E-state index is 12.7. The van der Waals surface area contributed by atoms with E-state index in [9.17, 15) is 9.59 Å². The Balaban J connectivity index is 3.03. The molecule has 0 saturated carbocycles. The molecule has 1 rings (SSSR count). The first-order chi connectivity index (χ1) is 12.8. The van der Waals surface area contributed by atoms with Crippen LogP contribution in [0.5, 0.6) is 5.75 Å². The Morgan fingerprint density at radius 3 is 2.44 bits per heavy atom. The third kappa shape index (κ3) is 6.86. The van der Waals surface area contributed by atoms with E-state index in [-0.39, 0.29) is 24.2 Å². The molecule has 0 bridgehead atoms. The number of nitrogens with one attached hydrogen (secondary N) is 1. The lowest BCUT2D eigenvalue weighted by Crippen LogP contribution is -2.42. The van der Waals surface area contributed by atoms with E-state index in [1.807, 2.05) is 13.8 Å². The Hall–Kier alpha value is -2.08. The standard InChI is InChI=1S/C21H33NO5/c1-7-9-10-13-21(5,25-6)20(24)22-16-11-12-18(27-15(3)4)17(14-16)19(23)26-8-2/h11-12,14-15H,7-10,13H2,1-6H3,(H,22,24)/t21-/m0/s1. The fraction of sp³-hybridized carbons (Fsp3) is 0.619. The second kappa shape index (κ2) is 10.9. The smallest absolute Gasteiger partial charge is 0.341 e. The predicted molar refractivity (Wildman–Crippen MR) is 106 cm³/mol. The molecule has 1 aromatic carbocycles. The molecule has 6 heteroatoms. The van der Waals surface area contributed by atoms with Gasteiger partial charge in [-0.3, -0.25) is 4.79 Å². The maximum absolute atomic E-state index is 12.7. The van der Waals surface area contributed by atoms with Crippen molar-refractivity contribution in [2.75, 3.05) is 19.0 Å². The highest BCUT2D eigenvalue weighted by Gasteiger charge is 2.32. The Morgan fingerprint density at radius 1 is 1.19 bits per heavy atom. The Labute approximate surface area is 162 Å². The van der Waals surface area contributed by atoms with Crippen molar-refractivity contribution < 1.29 is 23.8 Å². The molecule has 0 spiro atoms. The van der Waals surface area contributed by atoms with Crippen molar-refractivity contribution in [1.82, 2.24) is 0 Å². The monoisotopic (exact) mass is 379 g/mol. The van der Waals surface area contributed by atoms with Crippen LogP contribution in [0.25, 0.3) is 0 Å². The van der Waals surface area contributed by atoms with Gasteiger partial charge in [0.25, 0.3) is 5.91 Å². The summed E-state index contributed by atoms with van der Waals surface area (Å²) in [5, 5.41) is 2.85. The second-order valence-corrected chi connectivity index (χ2v) is 6.94. The molecule has 0 fully saturated rings. The van der Waals surface area contributed by atoms with E-state index in [2.05, 4.69) is 12.2 Å². The van der Waals surface area contributed by atoms with E-state index in [0.29, 0.717) is 17.9 Å². The lowest BCUT2D eigenvalue weighted by atomic mass is 9.96. The molecule has 0 radical (unpaired) electrons. The van der Waals surface area contributed by atoms with Gasteiger partial charge >= 0.3 is 5.97 Å². The molecule has 0 aliphatic carbocycles. The number of rotatable bonds is 11. The predicted octanol–water partition coefficient (Wildman–Crippen LogP) is 4.57. The highest BCUT2D eigenvalue weighted by Crippen LogP contribution is 2.27. The number of ether oxygens (including phenoxy) is 3. The summed E-state index contributed by atoms with van der Waals surface area (Å²) >= 11 is 0. The van der Waals surface area contributed by atoms with Gasteiger partial charge in [0.05, 0.1) is 12.7 Å². The number of benzene rings is 1. The first-order valence-electron chi connectivity index (χ1n) is 9.61. The first kappa shape index (κ1) is 23.0. The molecule has 0 heterocycles. The Morgan fingerprint density at radius 2 is 1.89 bits per heavy atom. The third-order valence-corrected chi connectivity index (χ3v) is 4.28. The summed E-state index contributed by atoms with van der Waals surface area (Å²) in [5.74, 6) is -0.297. The van der Waals surface area contributed by atoms with Gasteiger partial charge in [-0.2, -0.15) is 0 Å². The van der Waals surface area contributed by atoms with Gasteiger partial charge in [-0.25, -0.2) is 4.79 Å². The minimum Gasteiger partial charge on any atom is -0.490 e. The van der Waals surface area contributed by atoms with Crippen LogP contribution >= 0.6 is 0 Å². The Kier molecular flexibility index (Phi) is 9.29. The molecule has 1 N–H and O–H groups in total. The van der Waals surface area contributed by atoms with Crippen molar-refractivity contribution in [3.63, 3.8) is 0 Å². The van der Waals surface area contributed by atoms with Crippen LogP contribution in [0.15, 0.2) is 18.2 Å². The molecule has 152 valence electrons. The lowest BCUT2D eigenvalue weighted by molar-refractivity contribution is -0.136. The zero-order valence-corrected chi connectivity index (χ0v) is 17.4. The van der Waals surface area contributed by atoms with Gasteiger partial charge in [0.15, 0.2) is 0 Å². The largest absolute Gasteiger partial charge is 0.490 e. The number of unbranched alkanes of at least 4 members (excludes halogenated alkanes) is 2. The summed E-state index contributed by atoms with van der Waals surface area (Å²) in [5.41, 5.74) is -0.141. The molecular formula is C21H33NO5. The summed E-state index contributed by atoms with van der Waals surface area (Å²) in [6.45, 7) is 9.65. The van der Waals surface area contributed by atoms with Crippen molar-refractivity contribution in [3.8, 4) is 5.75 Å². The number of methoxy groups -OCH3 is 1. The van der Waals surface area contributed by atoms with Gasteiger partial charge in [0, 0.05) is 12.8 Å². The van der Waals surface area contributed by atoms with E-state index >= 15 is 0 Å². The maximum Gasteiger partial charge on any atom is 0.341 e. The van der Waals surface area contributed by atoms with Crippen LogP contribution in [0.3, 0.4) is 0 Å². The van der Waals surface area contributed by atoms with Crippen molar-refractivity contribution >= 4 is 17.6 Å². The third-order valence-electron chi connectivity index (χ3n) is 4.28. The van der Waals surface area contributed by atoms with Gasteiger partial charge in [0.1, 0.15) is 16.9 Å². The van der Waals surface area contributed by atoms with Crippen LogP contribution < -0.4 is 10.1 Å². The van der Waals surface area contributed by atoms with Crippen LogP contribution in [0.2, 0.25) is 0 Å². The first-order valence-corrected chi connectivity index (χ1v) is 9.61. The number of esters is 1. The molecule has 0 aromatic heterocycles. The molecule has 0 saturated heterocycles. The van der Waals surface area contributed by atoms with Crippen molar-refractivity contribution in [2.24, 2.45) is 0 Å². The van der Waals surface area contributed by atoms with Crippen molar-refractivity contribution in [1.29, 1.82) is 0 Å². The number of hydrogen-bond donors (Lipinski definition) is 1. The SMILES string of the molecule is CCCCC[C@](C)(OC)C(=O)Nc1ccc(OC(C)C)c(C(=O)OCC)c1. The van der Waals surface area contributed by atoms with Crippen molar-refractivity contribution in [2.45, 2.75) is 72.0 Å². The number of hydrogen-bond acceptors (Lipinski definition) is 5. The highest BCUT2D eigenvalue weighted by molar-refractivity contribution is 5.99. The van der Waals surface area contributed by atoms with E-state index in [1.54, 1.807) is 32.0 Å². The molecule has 6 nitrogen and oxygen atoms in total. The van der Waals surface area contributed by atoms with E-state index in [0.717, 1.165) is 19.3 Å². The van der Waals surface area contributed by atoms with Crippen LogP contribution in [-0.2, 0) is 14.3 Å². The normalized spacial score (nSPS) is 13.1. The van der Waals surface area contributed by atoms with Crippen molar-refractivity contribution in [3.05, 3.63) is 23.8 Å². The van der Waals surface area contributed by atoms with Gasteiger partial charge in [-0.1, -0.05) is 26.2 Å². The number of amides is 1. The molecule has 0 aliphatic heterocycles. The minimum absolute atomic E-state index is 0.0889.